The lowest BCUT2D eigenvalue weighted by Crippen LogP contribution is -2.01. The number of benzene rings is 8. The van der Waals surface area contributed by atoms with E-state index >= 15 is 0 Å². The summed E-state index contributed by atoms with van der Waals surface area (Å²) in [4.78, 5) is 15.7. The number of rotatable bonds is 6. The van der Waals surface area contributed by atoms with E-state index in [0.717, 1.165) is 43.7 Å². The van der Waals surface area contributed by atoms with Crippen molar-refractivity contribution in [2.45, 2.75) is 13.8 Å². The highest BCUT2D eigenvalue weighted by molar-refractivity contribution is 7.26. The van der Waals surface area contributed by atoms with Crippen LogP contribution in [0.25, 0.3) is 104 Å². The van der Waals surface area contributed by atoms with Gasteiger partial charge in [-0.15, -0.1) is 11.3 Å². The van der Waals surface area contributed by atoms with E-state index in [1.165, 1.54) is 42.9 Å². The third-order valence-electron chi connectivity index (χ3n) is 10.7. The zero-order chi connectivity index (χ0) is 39.0. The van der Waals surface area contributed by atoms with Gasteiger partial charge in [-0.2, -0.15) is 0 Å². The van der Waals surface area contributed by atoms with Crippen molar-refractivity contribution in [3.63, 3.8) is 0 Å². The molecule has 0 unspecified atom stereocenters. The van der Waals surface area contributed by atoms with Gasteiger partial charge in [0.1, 0.15) is 0 Å². The summed E-state index contributed by atoms with van der Waals surface area (Å²) in [6.07, 6.45) is 0. The summed E-state index contributed by atoms with van der Waals surface area (Å²) in [5.74, 6) is 1.92. The molecule has 5 heteroatoms. The van der Waals surface area contributed by atoms with Crippen LogP contribution in [-0.2, 0) is 0 Å². The van der Waals surface area contributed by atoms with Crippen LogP contribution in [0.5, 0.6) is 0 Å². The molecular weight excluding hydrogens is 725 g/mol. The van der Waals surface area contributed by atoms with Crippen LogP contribution in [0.4, 0.5) is 0 Å². The molecule has 0 amide bonds. The first-order valence-corrected chi connectivity index (χ1v) is 20.6. The van der Waals surface area contributed by atoms with Crippen molar-refractivity contribution >= 4 is 53.3 Å². The molecule has 0 aliphatic heterocycles. The van der Waals surface area contributed by atoms with Gasteiger partial charge in [-0.3, -0.25) is 0 Å². The fourth-order valence-corrected chi connectivity index (χ4v) is 9.14. The van der Waals surface area contributed by atoms with Crippen LogP contribution in [-0.4, -0.2) is 19.5 Å². The van der Waals surface area contributed by atoms with Crippen molar-refractivity contribution in [2.75, 3.05) is 0 Å². The van der Waals surface area contributed by atoms with E-state index in [1.807, 2.05) is 38.1 Å². The monoisotopic (exact) mass is 762 g/mol. The molecule has 11 aromatic rings. The van der Waals surface area contributed by atoms with E-state index < -0.39 is 0 Å². The fourth-order valence-electron chi connectivity index (χ4n) is 7.95. The quantitative estimate of drug-likeness (QED) is 0.169. The molecule has 0 atom stereocenters. The molecule has 0 aliphatic rings. The van der Waals surface area contributed by atoms with E-state index in [9.17, 15) is 0 Å². The van der Waals surface area contributed by atoms with Gasteiger partial charge in [0, 0.05) is 53.3 Å². The van der Waals surface area contributed by atoms with Gasteiger partial charge in [-0.05, 0) is 52.6 Å². The highest BCUT2D eigenvalue weighted by atomic mass is 32.1. The number of hydrogen-bond donors (Lipinski definition) is 0. The molecule has 0 saturated carbocycles. The summed E-state index contributed by atoms with van der Waals surface area (Å²) in [6.45, 7) is 4.00. The average Bonchev–Trinajstić information content (AvgIpc) is 3.85. The lowest BCUT2D eigenvalue weighted by atomic mass is 10.0. The van der Waals surface area contributed by atoms with Gasteiger partial charge in [0.2, 0.25) is 0 Å². The van der Waals surface area contributed by atoms with Gasteiger partial charge in [-0.1, -0.05) is 178 Å². The van der Waals surface area contributed by atoms with Gasteiger partial charge in [0.25, 0.3) is 0 Å². The molecule has 4 nitrogen and oxygen atoms in total. The molecule has 0 saturated heterocycles. The summed E-state index contributed by atoms with van der Waals surface area (Å²) in [5.41, 5.74) is 10.9. The maximum absolute atomic E-state index is 5.30. The Morgan fingerprint density at radius 3 is 1.53 bits per heavy atom. The van der Waals surface area contributed by atoms with E-state index in [2.05, 4.69) is 174 Å². The third-order valence-corrected chi connectivity index (χ3v) is 11.9. The van der Waals surface area contributed by atoms with Crippen molar-refractivity contribution < 1.29 is 0 Å². The second kappa shape index (κ2) is 15.0. The largest absolute Gasteiger partial charge is 0.309 e. The molecule has 276 valence electrons. The molecule has 3 heterocycles. The minimum absolute atomic E-state index is 0.637. The topological polar surface area (TPSA) is 43.6 Å². The first-order valence-electron chi connectivity index (χ1n) is 19.8. The molecule has 3 aromatic heterocycles. The zero-order valence-electron chi connectivity index (χ0n) is 32.2. The summed E-state index contributed by atoms with van der Waals surface area (Å²) in [7, 11) is 0. The molecular formula is C53H38N4S. The van der Waals surface area contributed by atoms with Crippen LogP contribution in [0.1, 0.15) is 13.8 Å². The number of hydrogen-bond acceptors (Lipinski definition) is 4. The molecule has 0 bridgehead atoms. The number of thiophene rings is 1. The number of fused-ring (bicyclic) bond motifs is 6. The second-order valence-corrected chi connectivity index (χ2v) is 15.1. The van der Waals surface area contributed by atoms with Crippen LogP contribution in [0.3, 0.4) is 0 Å². The maximum Gasteiger partial charge on any atom is 0.165 e. The van der Waals surface area contributed by atoms with Gasteiger partial charge >= 0.3 is 0 Å². The molecule has 0 fully saturated rings. The van der Waals surface area contributed by atoms with E-state index in [4.69, 9.17) is 15.0 Å². The average molecular weight is 763 g/mol. The molecule has 0 radical (unpaired) electrons. The van der Waals surface area contributed by atoms with Crippen LogP contribution in [0.15, 0.2) is 194 Å². The second-order valence-electron chi connectivity index (χ2n) is 14.0. The van der Waals surface area contributed by atoms with Crippen LogP contribution < -0.4 is 0 Å². The Bertz CT molecular complexity index is 3220. The maximum atomic E-state index is 5.30. The summed E-state index contributed by atoms with van der Waals surface area (Å²) < 4.78 is 4.79. The van der Waals surface area contributed by atoms with Crippen molar-refractivity contribution in [1.29, 1.82) is 0 Å². The van der Waals surface area contributed by atoms with Crippen molar-refractivity contribution in [3.05, 3.63) is 194 Å². The smallest absolute Gasteiger partial charge is 0.165 e. The first kappa shape index (κ1) is 35.2. The highest BCUT2D eigenvalue weighted by Crippen LogP contribution is 2.43. The van der Waals surface area contributed by atoms with Crippen LogP contribution in [0, 0.1) is 0 Å². The molecule has 11 rings (SSSR count). The van der Waals surface area contributed by atoms with Gasteiger partial charge < -0.3 is 4.57 Å². The lowest BCUT2D eigenvalue weighted by Gasteiger charge is -2.13. The highest BCUT2D eigenvalue weighted by Gasteiger charge is 2.21. The van der Waals surface area contributed by atoms with E-state index in [-0.39, 0.29) is 0 Å². The number of aromatic nitrogens is 4. The van der Waals surface area contributed by atoms with Gasteiger partial charge in [-0.25, -0.2) is 15.0 Å². The Kier molecular flexibility index (Phi) is 9.13. The standard InChI is InChI=1S/C51H32N4S.C2H6/c1-4-14-33(15-5-1)35-24-26-37(27-25-35)50-52-49(36-18-8-3-9-19-36)53-51(54-50)44-32-39(31-43-42-21-11-13-23-47(42)56-48(43)44)55-45-22-12-10-20-40(45)41-29-28-38(30-46(41)55)34-16-6-2-7-17-34;1-2/h1-32H;1-2H3. The minimum atomic E-state index is 0.637. The first-order chi connectivity index (χ1) is 28.7. The Morgan fingerprint density at radius 2 is 0.845 bits per heavy atom. The van der Waals surface area contributed by atoms with Crippen molar-refractivity contribution in [1.82, 2.24) is 19.5 Å². The third kappa shape index (κ3) is 6.23. The Hall–Kier alpha value is -7.21. The van der Waals surface area contributed by atoms with Gasteiger partial charge in [0.05, 0.1) is 11.0 Å². The molecule has 0 aliphatic carbocycles. The molecule has 0 N–H and O–H groups in total. The van der Waals surface area contributed by atoms with Crippen molar-refractivity contribution in [2.24, 2.45) is 0 Å². The summed E-state index contributed by atoms with van der Waals surface area (Å²) in [6, 6.07) is 68.6. The normalized spacial score (nSPS) is 11.3. The predicted molar refractivity (Wildman–Crippen MR) is 246 cm³/mol. The molecule has 0 spiro atoms. The van der Waals surface area contributed by atoms with Crippen LogP contribution >= 0.6 is 11.3 Å². The summed E-state index contributed by atoms with van der Waals surface area (Å²) in [5, 5.41) is 4.82. The van der Waals surface area contributed by atoms with E-state index in [0.29, 0.717) is 17.5 Å². The van der Waals surface area contributed by atoms with Crippen LogP contribution in [0.2, 0.25) is 0 Å². The minimum Gasteiger partial charge on any atom is -0.309 e. The number of para-hydroxylation sites is 1. The SMILES string of the molecule is CC.c1ccc(-c2ccc(-c3nc(-c4ccccc4)nc(-c4cc(-n5c6ccccc6c6ccc(-c7ccccc7)cc65)cc5c4sc4ccccc45)n3)cc2)cc1. The fraction of sp³-hybridized carbons (Fsp3) is 0.0377. The molecule has 8 aromatic carbocycles. The Balaban J connectivity index is 0.00000201. The predicted octanol–water partition coefficient (Wildman–Crippen LogP) is 14.7. The van der Waals surface area contributed by atoms with E-state index in [1.54, 1.807) is 11.3 Å². The van der Waals surface area contributed by atoms with Crippen molar-refractivity contribution in [3.8, 4) is 62.1 Å². The zero-order valence-corrected chi connectivity index (χ0v) is 33.0. The Labute approximate surface area is 341 Å². The molecule has 58 heavy (non-hydrogen) atoms. The van der Waals surface area contributed by atoms with Gasteiger partial charge in [0.15, 0.2) is 17.5 Å². The summed E-state index contributed by atoms with van der Waals surface area (Å²) >= 11 is 1.79. The Morgan fingerprint density at radius 1 is 0.362 bits per heavy atom. The lowest BCUT2D eigenvalue weighted by molar-refractivity contribution is 1.07. The number of nitrogens with zero attached hydrogens (tertiary/aromatic N) is 4.